The second-order valence-corrected chi connectivity index (χ2v) is 6.37. The highest BCUT2D eigenvalue weighted by Crippen LogP contribution is 2.33. The summed E-state index contributed by atoms with van der Waals surface area (Å²) in [5.74, 6) is -2.42. The molecule has 29 heavy (non-hydrogen) atoms. The van der Waals surface area contributed by atoms with Crippen LogP contribution in [0.5, 0.6) is 0 Å². The predicted molar refractivity (Wildman–Crippen MR) is 96.1 cm³/mol. The van der Waals surface area contributed by atoms with Crippen molar-refractivity contribution >= 4 is 40.3 Å². The molecule has 0 bridgehead atoms. The Morgan fingerprint density at radius 3 is 2.59 bits per heavy atom. The number of imide groups is 1. The number of nitrogens with zero attached hydrogens (tertiary/aromatic N) is 3. The topological polar surface area (TPSA) is 88.9 Å². The lowest BCUT2D eigenvalue weighted by atomic mass is 10.2. The van der Waals surface area contributed by atoms with Crippen LogP contribution in [-0.4, -0.2) is 26.7 Å². The van der Waals surface area contributed by atoms with Crippen molar-refractivity contribution in [2.45, 2.75) is 13.1 Å². The van der Waals surface area contributed by atoms with E-state index in [1.54, 1.807) is 14.0 Å². The summed E-state index contributed by atoms with van der Waals surface area (Å²) in [4.78, 5) is 28.4. The van der Waals surface area contributed by atoms with Crippen LogP contribution in [0.4, 0.5) is 28.0 Å². The molecule has 0 saturated carbocycles. The fourth-order valence-corrected chi connectivity index (χ4v) is 3.04. The number of carbonyl (C=O) groups is 2. The Bertz CT molecular complexity index is 1140. The van der Waals surface area contributed by atoms with Crippen molar-refractivity contribution < 1.29 is 27.2 Å². The van der Waals surface area contributed by atoms with E-state index in [2.05, 4.69) is 10.1 Å². The van der Waals surface area contributed by atoms with Gasteiger partial charge in [-0.15, -0.1) is 0 Å². The van der Waals surface area contributed by atoms with Crippen molar-refractivity contribution in [3.63, 3.8) is 0 Å². The van der Waals surface area contributed by atoms with Gasteiger partial charge in [0.05, 0.1) is 27.2 Å². The number of pyridine rings is 1. The minimum Gasteiger partial charge on any atom is -0.308 e. The Morgan fingerprint density at radius 2 is 1.93 bits per heavy atom. The lowest BCUT2D eigenvalue weighted by Gasteiger charge is -2.11. The highest BCUT2D eigenvalue weighted by Gasteiger charge is 2.34. The summed E-state index contributed by atoms with van der Waals surface area (Å²) in [6.45, 7) is 1.66. The molecule has 0 aliphatic rings. The van der Waals surface area contributed by atoms with Crippen LogP contribution < -0.4 is 10.6 Å². The average molecular weight is 430 g/mol. The van der Waals surface area contributed by atoms with Gasteiger partial charge in [-0.3, -0.25) is 14.8 Å². The molecule has 12 heteroatoms. The molecule has 2 N–H and O–H groups in total. The van der Waals surface area contributed by atoms with Crippen LogP contribution in [-0.2, 0) is 13.2 Å². The van der Waals surface area contributed by atoms with Crippen molar-refractivity contribution in [1.29, 1.82) is 0 Å². The van der Waals surface area contributed by atoms with E-state index in [0.717, 1.165) is 12.3 Å². The first-order chi connectivity index (χ1) is 13.5. The molecule has 3 aromatic rings. The Kier molecular flexibility index (Phi) is 5.18. The monoisotopic (exact) mass is 429 g/mol. The minimum absolute atomic E-state index is 0.0204. The van der Waals surface area contributed by atoms with Crippen molar-refractivity contribution in [1.82, 2.24) is 20.1 Å². The number of aromatic nitrogens is 3. The number of hydrogen-bond donors (Lipinski definition) is 2. The predicted octanol–water partition coefficient (Wildman–Crippen LogP) is 4.05. The zero-order valence-electron chi connectivity index (χ0n) is 14.9. The Balaban J connectivity index is 1.80. The summed E-state index contributed by atoms with van der Waals surface area (Å²) in [5, 5.41) is 8.56. The molecule has 7 nitrogen and oxygen atoms in total. The number of carbonyl (C=O) groups excluding carboxylic acids is 2. The molecule has 2 aromatic heterocycles. The standard InChI is InChI=1S/C17H12ClF4N5O2/c1-7-12-13(18)9(6-23-14(12)27(2)26-7)15(28)25-16(29)24-8-3-4-11(19)10(5-8)17(20,21)22/h3-6H,1-2H3,(H2,24,25,28,29). The molecular formula is C17H12ClF4N5O2. The Hall–Kier alpha value is -3.21. The third-order valence-corrected chi connectivity index (χ3v) is 4.36. The SMILES string of the molecule is Cc1nn(C)c2ncc(C(=O)NC(=O)Nc3ccc(F)c(C(F)(F)F)c3)c(Cl)c12. The minimum atomic E-state index is -4.94. The van der Waals surface area contributed by atoms with Gasteiger partial charge in [-0.2, -0.15) is 18.3 Å². The quantitative estimate of drug-likeness (QED) is 0.601. The van der Waals surface area contributed by atoms with Crippen LogP contribution in [0.2, 0.25) is 5.02 Å². The molecule has 1 aromatic carbocycles. The Labute approximate surface area is 165 Å². The molecule has 0 aliphatic heterocycles. The van der Waals surface area contributed by atoms with Gasteiger partial charge in [0, 0.05) is 18.9 Å². The average Bonchev–Trinajstić information content (AvgIpc) is 2.90. The fourth-order valence-electron chi connectivity index (χ4n) is 2.68. The summed E-state index contributed by atoms with van der Waals surface area (Å²) in [6, 6.07) is 0.765. The first kappa shape index (κ1) is 20.5. The summed E-state index contributed by atoms with van der Waals surface area (Å²) < 4.78 is 53.0. The largest absolute Gasteiger partial charge is 0.419 e. The third-order valence-electron chi connectivity index (χ3n) is 3.97. The van der Waals surface area contributed by atoms with Gasteiger partial charge in [0.25, 0.3) is 5.91 Å². The van der Waals surface area contributed by atoms with E-state index in [0.29, 0.717) is 28.9 Å². The lowest BCUT2D eigenvalue weighted by molar-refractivity contribution is -0.139. The van der Waals surface area contributed by atoms with E-state index >= 15 is 0 Å². The van der Waals surface area contributed by atoms with Crippen LogP contribution in [0.15, 0.2) is 24.4 Å². The second-order valence-electron chi connectivity index (χ2n) is 5.99. The highest BCUT2D eigenvalue weighted by atomic mass is 35.5. The molecule has 3 rings (SSSR count). The third kappa shape index (κ3) is 3.99. The summed E-state index contributed by atoms with van der Waals surface area (Å²) in [5.41, 5.74) is -1.08. The van der Waals surface area contributed by atoms with E-state index in [1.807, 2.05) is 10.6 Å². The van der Waals surface area contributed by atoms with Gasteiger partial charge >= 0.3 is 12.2 Å². The van der Waals surface area contributed by atoms with Gasteiger partial charge in [0.1, 0.15) is 5.82 Å². The molecule has 3 amide bonds. The summed E-state index contributed by atoms with van der Waals surface area (Å²) >= 11 is 6.23. The van der Waals surface area contributed by atoms with Gasteiger partial charge < -0.3 is 5.32 Å². The number of nitrogens with one attached hydrogen (secondary N) is 2. The van der Waals surface area contributed by atoms with Crippen LogP contribution in [0.1, 0.15) is 21.6 Å². The number of anilines is 1. The molecule has 0 spiro atoms. The number of hydrogen-bond acceptors (Lipinski definition) is 4. The zero-order valence-corrected chi connectivity index (χ0v) is 15.6. The maximum absolute atomic E-state index is 13.3. The number of rotatable bonds is 2. The van der Waals surface area contributed by atoms with Gasteiger partial charge in [0.2, 0.25) is 0 Å². The molecule has 0 aliphatic carbocycles. The number of halogens is 5. The normalized spacial score (nSPS) is 11.6. The molecule has 0 radical (unpaired) electrons. The van der Waals surface area contributed by atoms with E-state index in [1.165, 1.54) is 4.68 Å². The van der Waals surface area contributed by atoms with Gasteiger partial charge in [0.15, 0.2) is 5.65 Å². The van der Waals surface area contributed by atoms with Crippen molar-refractivity contribution in [2.24, 2.45) is 7.05 Å². The molecule has 0 unspecified atom stereocenters. The molecular weight excluding hydrogens is 418 g/mol. The van der Waals surface area contributed by atoms with E-state index in [4.69, 9.17) is 11.6 Å². The molecule has 2 heterocycles. The van der Waals surface area contributed by atoms with Crippen molar-refractivity contribution in [3.05, 3.63) is 52.1 Å². The lowest BCUT2D eigenvalue weighted by Crippen LogP contribution is -2.34. The van der Waals surface area contributed by atoms with Crippen LogP contribution >= 0.6 is 11.6 Å². The van der Waals surface area contributed by atoms with Gasteiger partial charge in [-0.05, 0) is 25.1 Å². The molecule has 0 atom stereocenters. The highest BCUT2D eigenvalue weighted by molar-refractivity contribution is 6.38. The van der Waals surface area contributed by atoms with Gasteiger partial charge in [-0.1, -0.05) is 11.6 Å². The van der Waals surface area contributed by atoms with Crippen LogP contribution in [0, 0.1) is 12.7 Å². The van der Waals surface area contributed by atoms with E-state index in [-0.39, 0.29) is 16.3 Å². The number of benzene rings is 1. The van der Waals surface area contributed by atoms with E-state index < -0.39 is 29.5 Å². The summed E-state index contributed by atoms with van der Waals surface area (Å²) in [6.07, 6.45) is -3.79. The first-order valence-electron chi connectivity index (χ1n) is 7.96. The van der Waals surface area contributed by atoms with Crippen LogP contribution in [0.3, 0.4) is 0 Å². The van der Waals surface area contributed by atoms with Crippen LogP contribution in [0.25, 0.3) is 11.0 Å². The number of fused-ring (bicyclic) bond motifs is 1. The first-order valence-corrected chi connectivity index (χ1v) is 8.33. The fraction of sp³-hybridized carbons (Fsp3) is 0.176. The van der Waals surface area contributed by atoms with Crippen molar-refractivity contribution in [2.75, 3.05) is 5.32 Å². The maximum atomic E-state index is 13.3. The molecule has 0 fully saturated rings. The molecule has 152 valence electrons. The second kappa shape index (κ2) is 7.32. The molecule has 0 saturated heterocycles. The smallest absolute Gasteiger partial charge is 0.308 e. The number of aryl methyl sites for hydroxylation is 2. The van der Waals surface area contributed by atoms with Crippen molar-refractivity contribution in [3.8, 4) is 0 Å². The summed E-state index contributed by atoms with van der Waals surface area (Å²) in [7, 11) is 1.64. The van der Waals surface area contributed by atoms with Gasteiger partial charge in [-0.25, -0.2) is 14.2 Å². The zero-order chi connectivity index (χ0) is 21.5. The maximum Gasteiger partial charge on any atom is 0.419 e. The number of alkyl halides is 3. The number of urea groups is 1. The number of amides is 3. The van der Waals surface area contributed by atoms with E-state index in [9.17, 15) is 27.2 Å². The Morgan fingerprint density at radius 1 is 1.24 bits per heavy atom.